The van der Waals surface area contributed by atoms with E-state index in [-0.39, 0.29) is 11.5 Å². The predicted molar refractivity (Wildman–Crippen MR) is 49.4 cm³/mol. The van der Waals surface area contributed by atoms with E-state index in [4.69, 9.17) is 5.11 Å². The van der Waals surface area contributed by atoms with Crippen molar-refractivity contribution in [1.29, 1.82) is 0 Å². The van der Waals surface area contributed by atoms with Crippen molar-refractivity contribution < 1.29 is 23.1 Å². The number of carboxylic acid groups (broad SMARTS) is 1. The molecule has 0 radical (unpaired) electrons. The van der Waals surface area contributed by atoms with E-state index in [0.29, 0.717) is 0 Å². The molecule has 1 N–H and O–H groups in total. The second-order valence-electron chi connectivity index (χ2n) is 3.95. The number of carbonyl (C=O) groups is 1. The van der Waals surface area contributed by atoms with Crippen molar-refractivity contribution in [1.82, 2.24) is 0 Å². The molecule has 2 rings (SSSR count). The van der Waals surface area contributed by atoms with E-state index in [1.807, 2.05) is 0 Å². The van der Waals surface area contributed by atoms with Crippen LogP contribution in [-0.4, -0.2) is 11.1 Å². The first-order chi connectivity index (χ1) is 7.50. The summed E-state index contributed by atoms with van der Waals surface area (Å²) in [5.41, 5.74) is -0.00796. The fraction of sp³-hybridized carbons (Fsp3) is 0.364. The Labute approximate surface area is 89.7 Å². The van der Waals surface area contributed by atoms with Gasteiger partial charge in [0.2, 0.25) is 0 Å². The number of rotatable bonds is 3. The maximum Gasteiger partial charge on any atom is 0.311 e. The van der Waals surface area contributed by atoms with Gasteiger partial charge in [-0.2, -0.15) is 0 Å². The van der Waals surface area contributed by atoms with Crippen LogP contribution in [0.5, 0.6) is 0 Å². The minimum Gasteiger partial charge on any atom is -0.481 e. The molecule has 2 nitrogen and oxygen atoms in total. The van der Waals surface area contributed by atoms with Gasteiger partial charge in [0.05, 0.1) is 5.92 Å². The number of halogens is 3. The Morgan fingerprint density at radius 3 is 2.12 bits per heavy atom. The highest BCUT2D eigenvalue weighted by Crippen LogP contribution is 2.43. The topological polar surface area (TPSA) is 37.3 Å². The van der Waals surface area contributed by atoms with Crippen LogP contribution < -0.4 is 0 Å². The smallest absolute Gasteiger partial charge is 0.311 e. The third-order valence-electron chi connectivity index (χ3n) is 2.72. The number of benzene rings is 1. The van der Waals surface area contributed by atoms with E-state index in [9.17, 15) is 18.0 Å². The van der Waals surface area contributed by atoms with E-state index < -0.39 is 29.3 Å². The fourth-order valence-corrected chi connectivity index (χ4v) is 1.80. The zero-order valence-corrected chi connectivity index (χ0v) is 8.21. The molecule has 0 spiro atoms. The largest absolute Gasteiger partial charge is 0.481 e. The summed E-state index contributed by atoms with van der Waals surface area (Å²) in [4.78, 5) is 11.0. The standard InChI is InChI=1S/C11H9F3O2/c12-7-3-6(4-8(13)10(7)14)9(11(15)16)5-1-2-5/h3-5,9H,1-2H2,(H,15,16). The van der Waals surface area contributed by atoms with Crippen molar-refractivity contribution >= 4 is 5.97 Å². The average molecular weight is 230 g/mol. The Balaban J connectivity index is 2.41. The molecule has 16 heavy (non-hydrogen) atoms. The molecule has 0 aromatic heterocycles. The summed E-state index contributed by atoms with van der Waals surface area (Å²) in [6.07, 6.45) is 1.44. The maximum atomic E-state index is 12.9. The Morgan fingerprint density at radius 1 is 1.25 bits per heavy atom. The van der Waals surface area contributed by atoms with Gasteiger partial charge in [0.25, 0.3) is 0 Å². The lowest BCUT2D eigenvalue weighted by Crippen LogP contribution is -2.14. The molecule has 1 fully saturated rings. The van der Waals surface area contributed by atoms with Gasteiger partial charge in [0, 0.05) is 0 Å². The van der Waals surface area contributed by atoms with Crippen molar-refractivity contribution in [2.45, 2.75) is 18.8 Å². The summed E-state index contributed by atoms with van der Waals surface area (Å²) in [5, 5.41) is 8.95. The van der Waals surface area contributed by atoms with Crippen molar-refractivity contribution in [2.24, 2.45) is 5.92 Å². The van der Waals surface area contributed by atoms with Gasteiger partial charge >= 0.3 is 5.97 Å². The zero-order chi connectivity index (χ0) is 11.9. The van der Waals surface area contributed by atoms with Gasteiger partial charge in [-0.05, 0) is 36.5 Å². The van der Waals surface area contributed by atoms with Crippen molar-refractivity contribution in [3.05, 3.63) is 35.1 Å². The lowest BCUT2D eigenvalue weighted by molar-refractivity contribution is -0.139. The summed E-state index contributed by atoms with van der Waals surface area (Å²) < 4.78 is 38.6. The lowest BCUT2D eigenvalue weighted by atomic mass is 9.94. The predicted octanol–water partition coefficient (Wildman–Crippen LogP) is 2.68. The molecule has 1 aromatic carbocycles. The molecule has 0 saturated heterocycles. The first kappa shape index (κ1) is 11.0. The van der Waals surface area contributed by atoms with Crippen LogP contribution in [0.25, 0.3) is 0 Å². The summed E-state index contributed by atoms with van der Waals surface area (Å²) in [6.45, 7) is 0. The number of carboxylic acids is 1. The average Bonchev–Trinajstić information content (AvgIpc) is 2.98. The van der Waals surface area contributed by atoms with Crippen LogP contribution in [0.15, 0.2) is 12.1 Å². The molecule has 0 amide bonds. The van der Waals surface area contributed by atoms with Crippen molar-refractivity contribution in [3.8, 4) is 0 Å². The normalized spacial score (nSPS) is 17.2. The summed E-state index contributed by atoms with van der Waals surface area (Å²) >= 11 is 0. The molecule has 1 aliphatic rings. The number of aliphatic carboxylic acids is 1. The van der Waals surface area contributed by atoms with Gasteiger partial charge in [-0.1, -0.05) is 0 Å². The second-order valence-corrected chi connectivity index (χ2v) is 3.95. The van der Waals surface area contributed by atoms with E-state index in [0.717, 1.165) is 25.0 Å². The van der Waals surface area contributed by atoms with Gasteiger partial charge in [0.1, 0.15) is 0 Å². The Hall–Kier alpha value is -1.52. The Bertz CT molecular complexity index is 418. The van der Waals surface area contributed by atoms with Crippen LogP contribution in [0.1, 0.15) is 24.3 Å². The maximum absolute atomic E-state index is 12.9. The molecule has 0 aliphatic heterocycles. The molecule has 5 heteroatoms. The Morgan fingerprint density at radius 2 is 1.75 bits per heavy atom. The molecule has 1 saturated carbocycles. The van der Waals surface area contributed by atoms with E-state index in [2.05, 4.69) is 0 Å². The van der Waals surface area contributed by atoms with Crippen LogP contribution in [0.2, 0.25) is 0 Å². The molecular formula is C11H9F3O2. The van der Waals surface area contributed by atoms with Gasteiger partial charge in [-0.25, -0.2) is 13.2 Å². The van der Waals surface area contributed by atoms with Crippen LogP contribution in [0.4, 0.5) is 13.2 Å². The summed E-state index contributed by atoms with van der Waals surface area (Å²) in [6, 6.07) is 1.52. The van der Waals surface area contributed by atoms with Gasteiger partial charge in [-0.15, -0.1) is 0 Å². The summed E-state index contributed by atoms with van der Waals surface area (Å²) in [7, 11) is 0. The van der Waals surface area contributed by atoms with Crippen LogP contribution in [-0.2, 0) is 4.79 Å². The third kappa shape index (κ3) is 1.89. The zero-order valence-electron chi connectivity index (χ0n) is 8.21. The van der Waals surface area contributed by atoms with Crippen LogP contribution >= 0.6 is 0 Å². The first-order valence-corrected chi connectivity index (χ1v) is 4.88. The monoisotopic (exact) mass is 230 g/mol. The van der Waals surface area contributed by atoms with E-state index in [1.54, 1.807) is 0 Å². The van der Waals surface area contributed by atoms with Crippen molar-refractivity contribution in [3.63, 3.8) is 0 Å². The van der Waals surface area contributed by atoms with Gasteiger partial charge < -0.3 is 5.11 Å². The minimum atomic E-state index is -1.57. The molecule has 1 unspecified atom stereocenters. The summed E-state index contributed by atoms with van der Waals surface area (Å²) in [5.74, 6) is -6.42. The molecule has 1 aromatic rings. The molecular weight excluding hydrogens is 221 g/mol. The van der Waals surface area contributed by atoms with Crippen LogP contribution in [0.3, 0.4) is 0 Å². The van der Waals surface area contributed by atoms with E-state index in [1.165, 1.54) is 0 Å². The lowest BCUT2D eigenvalue weighted by Gasteiger charge is -2.12. The van der Waals surface area contributed by atoms with Gasteiger partial charge in [-0.3, -0.25) is 4.79 Å². The van der Waals surface area contributed by atoms with Crippen LogP contribution in [0, 0.1) is 23.4 Å². The second kappa shape index (κ2) is 3.81. The SMILES string of the molecule is O=C(O)C(c1cc(F)c(F)c(F)c1)C1CC1. The third-order valence-corrected chi connectivity index (χ3v) is 2.72. The molecule has 0 bridgehead atoms. The molecule has 1 aliphatic carbocycles. The highest BCUT2D eigenvalue weighted by molar-refractivity contribution is 5.77. The highest BCUT2D eigenvalue weighted by Gasteiger charge is 2.38. The molecule has 0 heterocycles. The highest BCUT2D eigenvalue weighted by atomic mass is 19.2. The quantitative estimate of drug-likeness (QED) is 0.810. The number of hydrogen-bond donors (Lipinski definition) is 1. The minimum absolute atomic E-state index is 0.00796. The van der Waals surface area contributed by atoms with Crippen molar-refractivity contribution in [2.75, 3.05) is 0 Å². The van der Waals surface area contributed by atoms with Gasteiger partial charge in [0.15, 0.2) is 17.5 Å². The Kier molecular flexibility index (Phi) is 2.61. The molecule has 86 valence electrons. The fourth-order valence-electron chi connectivity index (χ4n) is 1.80. The molecule has 1 atom stereocenters. The van der Waals surface area contributed by atoms with E-state index >= 15 is 0 Å². The number of hydrogen-bond acceptors (Lipinski definition) is 1. The first-order valence-electron chi connectivity index (χ1n) is 4.88.